The first-order chi connectivity index (χ1) is 25.7. The zero-order valence-corrected chi connectivity index (χ0v) is 30.4. The van der Waals surface area contributed by atoms with Crippen molar-refractivity contribution in [2.45, 2.75) is 0 Å². The Balaban J connectivity index is 1.04. The van der Waals surface area contributed by atoms with E-state index in [-0.39, 0.29) is 0 Å². The zero-order chi connectivity index (χ0) is 34.2. The van der Waals surface area contributed by atoms with Gasteiger partial charge in [0.05, 0.1) is 0 Å². The lowest BCUT2D eigenvalue weighted by atomic mass is 10.0. The number of hydrogen-bond donors (Lipinski definition) is 0. The highest BCUT2D eigenvalue weighted by molar-refractivity contribution is 7.26. The molecule has 0 saturated heterocycles. The molecule has 3 aromatic heterocycles. The summed E-state index contributed by atoms with van der Waals surface area (Å²) in [5.74, 6) is 0. The van der Waals surface area contributed by atoms with Crippen LogP contribution in [0.5, 0.6) is 0 Å². The molecule has 0 fully saturated rings. The van der Waals surface area contributed by atoms with Gasteiger partial charge in [0.25, 0.3) is 0 Å². The normalized spacial score (nSPS) is 11.8. The number of hydrogen-bond acceptors (Lipinski definition) is 4. The van der Waals surface area contributed by atoms with E-state index in [1.54, 1.807) is 0 Å². The third-order valence-electron chi connectivity index (χ3n) is 10.3. The van der Waals surface area contributed by atoms with E-state index >= 15 is 0 Å². The van der Waals surface area contributed by atoms with Crippen molar-refractivity contribution in [2.24, 2.45) is 0 Å². The molecule has 0 radical (unpaired) electrons. The Morgan fingerprint density at radius 3 is 1.33 bits per heavy atom. The van der Waals surface area contributed by atoms with Gasteiger partial charge in [-0.2, -0.15) is 0 Å². The number of nitrogens with zero attached hydrogens (tertiary/aromatic N) is 1. The molecule has 0 N–H and O–H groups in total. The van der Waals surface area contributed by atoms with Crippen molar-refractivity contribution in [3.63, 3.8) is 0 Å². The molecule has 0 atom stereocenters. The second-order valence-electron chi connectivity index (χ2n) is 13.3. The van der Waals surface area contributed by atoms with E-state index in [0.717, 1.165) is 17.1 Å². The molecular formula is C48H29NS3. The van der Waals surface area contributed by atoms with E-state index in [1.807, 2.05) is 34.0 Å². The van der Waals surface area contributed by atoms with Crippen molar-refractivity contribution >= 4 is 112 Å². The Morgan fingerprint density at radius 1 is 0.250 bits per heavy atom. The molecule has 0 saturated carbocycles. The smallest absolute Gasteiger partial charge is 0.0476 e. The standard InChI is InChI=1S/C48H29NS3/c1-4-13-43-37(10-1)40-23-22-36(29-48(40)52-43)49(34-20-16-30(17-21-34)32-18-24-46-41(27-32)38-11-2-5-14-44(38)50-46)35-9-7-8-31(26-35)33-19-25-47-42(28-33)39-12-3-6-15-45(39)51-47/h1-29H. The summed E-state index contributed by atoms with van der Waals surface area (Å²) in [4.78, 5) is 2.41. The van der Waals surface area contributed by atoms with Crippen molar-refractivity contribution < 1.29 is 0 Å². The molecule has 0 unspecified atom stereocenters. The highest BCUT2D eigenvalue weighted by Gasteiger charge is 2.17. The van der Waals surface area contributed by atoms with Gasteiger partial charge in [-0.05, 0) is 101 Å². The van der Waals surface area contributed by atoms with Gasteiger partial charge < -0.3 is 4.90 Å². The van der Waals surface area contributed by atoms with E-state index in [1.165, 1.54) is 82.8 Å². The van der Waals surface area contributed by atoms with Gasteiger partial charge >= 0.3 is 0 Å². The summed E-state index contributed by atoms with van der Waals surface area (Å²) in [5.41, 5.74) is 8.29. The largest absolute Gasteiger partial charge is 0.310 e. The third kappa shape index (κ3) is 4.87. The summed E-state index contributed by atoms with van der Waals surface area (Å²) in [6, 6.07) is 65.0. The van der Waals surface area contributed by atoms with Crippen molar-refractivity contribution in [3.8, 4) is 22.3 Å². The van der Waals surface area contributed by atoms with Gasteiger partial charge in [0.1, 0.15) is 0 Å². The van der Waals surface area contributed by atoms with Crippen LogP contribution in [-0.4, -0.2) is 0 Å². The van der Waals surface area contributed by atoms with Gasteiger partial charge in [-0.25, -0.2) is 0 Å². The Kier molecular flexibility index (Phi) is 6.84. The molecule has 0 bridgehead atoms. The summed E-state index contributed by atoms with van der Waals surface area (Å²) >= 11 is 5.59. The Morgan fingerprint density at radius 2 is 0.692 bits per heavy atom. The maximum atomic E-state index is 2.41. The first-order valence-electron chi connectivity index (χ1n) is 17.5. The molecule has 4 heteroatoms. The first-order valence-corrected chi connectivity index (χ1v) is 19.9. The fourth-order valence-corrected chi connectivity index (χ4v) is 11.1. The Bertz CT molecular complexity index is 3140. The van der Waals surface area contributed by atoms with E-state index in [9.17, 15) is 0 Å². The van der Waals surface area contributed by atoms with Crippen LogP contribution in [0.1, 0.15) is 0 Å². The average Bonchev–Trinajstić information content (AvgIpc) is 3.89. The molecule has 244 valence electrons. The molecule has 1 nitrogen and oxygen atoms in total. The van der Waals surface area contributed by atoms with Crippen molar-refractivity contribution in [1.82, 2.24) is 0 Å². The van der Waals surface area contributed by atoms with Gasteiger partial charge in [0.15, 0.2) is 0 Å². The van der Waals surface area contributed by atoms with Gasteiger partial charge in [-0.15, -0.1) is 34.0 Å². The van der Waals surface area contributed by atoms with Crippen molar-refractivity contribution in [3.05, 3.63) is 176 Å². The summed E-state index contributed by atoms with van der Waals surface area (Å²) in [7, 11) is 0. The van der Waals surface area contributed by atoms with Gasteiger partial charge in [-0.1, -0.05) is 97.1 Å². The van der Waals surface area contributed by atoms with E-state index < -0.39 is 0 Å². The minimum atomic E-state index is 1.13. The van der Waals surface area contributed by atoms with E-state index in [0.29, 0.717) is 0 Å². The first kappa shape index (κ1) is 29.9. The van der Waals surface area contributed by atoms with Crippen LogP contribution in [0.3, 0.4) is 0 Å². The molecule has 8 aromatic carbocycles. The predicted molar refractivity (Wildman–Crippen MR) is 231 cm³/mol. The second-order valence-corrected chi connectivity index (χ2v) is 16.6. The lowest BCUT2D eigenvalue weighted by Crippen LogP contribution is -2.09. The quantitative estimate of drug-likeness (QED) is 0.171. The predicted octanol–water partition coefficient (Wildman–Crippen LogP) is 15.6. The van der Waals surface area contributed by atoms with Gasteiger partial charge in [0.2, 0.25) is 0 Å². The van der Waals surface area contributed by atoms with Crippen LogP contribution in [0.15, 0.2) is 176 Å². The molecule has 0 aliphatic heterocycles. The maximum absolute atomic E-state index is 2.41. The lowest BCUT2D eigenvalue weighted by molar-refractivity contribution is 1.29. The average molecular weight is 716 g/mol. The monoisotopic (exact) mass is 715 g/mol. The van der Waals surface area contributed by atoms with Crippen LogP contribution >= 0.6 is 34.0 Å². The SMILES string of the molecule is c1cc(-c2ccc3sc4ccccc4c3c2)cc(N(c2ccc(-c3ccc4sc5ccccc5c4c3)cc2)c2ccc3c(c2)sc2ccccc23)c1. The maximum Gasteiger partial charge on any atom is 0.0476 e. The van der Waals surface area contributed by atoms with E-state index in [2.05, 4.69) is 181 Å². The second kappa shape index (κ2) is 11.9. The highest BCUT2D eigenvalue weighted by atomic mass is 32.1. The summed E-state index contributed by atoms with van der Waals surface area (Å²) < 4.78 is 7.93. The summed E-state index contributed by atoms with van der Waals surface area (Å²) in [6.07, 6.45) is 0. The molecule has 0 spiro atoms. The summed E-state index contributed by atoms with van der Waals surface area (Å²) in [5, 5.41) is 7.92. The number of anilines is 3. The van der Waals surface area contributed by atoms with Gasteiger partial charge in [0, 0.05) is 77.6 Å². The molecular weight excluding hydrogens is 687 g/mol. The van der Waals surface area contributed by atoms with Crippen LogP contribution in [0.2, 0.25) is 0 Å². The van der Waals surface area contributed by atoms with E-state index in [4.69, 9.17) is 0 Å². The molecule has 0 amide bonds. The lowest BCUT2D eigenvalue weighted by Gasteiger charge is -2.26. The minimum absolute atomic E-state index is 1.13. The molecule has 0 aliphatic carbocycles. The van der Waals surface area contributed by atoms with Crippen LogP contribution in [-0.2, 0) is 0 Å². The minimum Gasteiger partial charge on any atom is -0.310 e. The Hall–Kier alpha value is -5.78. The number of fused-ring (bicyclic) bond motifs is 9. The molecule has 52 heavy (non-hydrogen) atoms. The third-order valence-corrected chi connectivity index (χ3v) is 13.7. The highest BCUT2D eigenvalue weighted by Crippen LogP contribution is 2.43. The number of thiophene rings is 3. The molecule has 0 aliphatic rings. The molecule has 3 heterocycles. The number of rotatable bonds is 5. The number of benzene rings is 8. The van der Waals surface area contributed by atoms with Crippen LogP contribution in [0.4, 0.5) is 17.1 Å². The molecule has 11 aromatic rings. The van der Waals surface area contributed by atoms with Gasteiger partial charge in [-0.3, -0.25) is 0 Å². The van der Waals surface area contributed by atoms with Crippen LogP contribution in [0, 0.1) is 0 Å². The zero-order valence-electron chi connectivity index (χ0n) is 27.9. The summed E-state index contributed by atoms with van der Waals surface area (Å²) in [6.45, 7) is 0. The Labute approximate surface area is 312 Å². The van der Waals surface area contributed by atoms with Crippen LogP contribution in [0.25, 0.3) is 82.8 Å². The van der Waals surface area contributed by atoms with Crippen molar-refractivity contribution in [2.75, 3.05) is 4.90 Å². The fraction of sp³-hybridized carbons (Fsp3) is 0. The topological polar surface area (TPSA) is 3.24 Å². The molecule has 11 rings (SSSR count). The van der Waals surface area contributed by atoms with Crippen molar-refractivity contribution in [1.29, 1.82) is 0 Å². The van der Waals surface area contributed by atoms with Crippen LogP contribution < -0.4 is 4.90 Å². The fourth-order valence-electron chi connectivity index (χ4n) is 7.74.